The first kappa shape index (κ1) is 23.9. The smallest absolute Gasteiger partial charge is 0.275 e. The van der Waals surface area contributed by atoms with Crippen molar-refractivity contribution < 1.29 is 13.9 Å². The number of nitrogens with one attached hydrogen (secondary N) is 2. The first-order chi connectivity index (χ1) is 18.5. The monoisotopic (exact) mass is 506 g/mol. The third-order valence-corrected chi connectivity index (χ3v) is 7.29. The van der Waals surface area contributed by atoms with Crippen molar-refractivity contribution in [1.29, 1.82) is 0 Å². The molecule has 0 aliphatic carbocycles. The lowest BCUT2D eigenvalue weighted by atomic mass is 9.74. The average molecular weight is 507 g/mol. The molecule has 1 aromatic heterocycles. The minimum absolute atomic E-state index is 0.177. The lowest BCUT2D eigenvalue weighted by Gasteiger charge is -2.42. The first-order valence-electron chi connectivity index (χ1n) is 13.0. The Balaban J connectivity index is 1.70. The van der Waals surface area contributed by atoms with Gasteiger partial charge in [0.25, 0.3) is 5.91 Å². The Bertz CT molecular complexity index is 1510. The van der Waals surface area contributed by atoms with Crippen molar-refractivity contribution in [1.82, 2.24) is 5.01 Å². The number of rotatable bonds is 6. The number of nitrogens with zero attached hydrogens (tertiary/aromatic N) is 2. The van der Waals surface area contributed by atoms with E-state index in [1.54, 1.807) is 23.6 Å². The third kappa shape index (κ3) is 3.42. The van der Waals surface area contributed by atoms with Crippen LogP contribution in [0, 0.1) is 13.8 Å². The minimum atomic E-state index is -1.02. The van der Waals surface area contributed by atoms with Crippen molar-refractivity contribution in [3.8, 4) is 11.5 Å². The standard InChI is InChI=1S/C31H30N4O3/c1-5-32-26-16-28-24(14-19(26)3)31(25-15-20(4)27(33-6-2)17-29(25)38-28)23-12-8-7-11-22(23)30(36)35(31)34-18-21-10-9-13-37-21/h7-18,32-33H,5-6H2,1-4H3/b34-18+. The van der Waals surface area contributed by atoms with Crippen LogP contribution >= 0.6 is 0 Å². The van der Waals surface area contributed by atoms with Crippen LogP contribution in [0.2, 0.25) is 0 Å². The van der Waals surface area contributed by atoms with Crippen LogP contribution in [0.4, 0.5) is 11.4 Å². The summed E-state index contributed by atoms with van der Waals surface area (Å²) in [7, 11) is 0. The lowest BCUT2D eigenvalue weighted by Crippen LogP contribution is -2.44. The molecule has 2 aliphatic rings. The predicted molar refractivity (Wildman–Crippen MR) is 150 cm³/mol. The van der Waals surface area contributed by atoms with Crippen molar-refractivity contribution in [2.45, 2.75) is 33.2 Å². The van der Waals surface area contributed by atoms with Gasteiger partial charge in [-0.2, -0.15) is 5.10 Å². The van der Waals surface area contributed by atoms with Gasteiger partial charge >= 0.3 is 0 Å². The quantitative estimate of drug-likeness (QED) is 0.286. The van der Waals surface area contributed by atoms with Crippen molar-refractivity contribution in [2.75, 3.05) is 23.7 Å². The summed E-state index contributed by atoms with van der Waals surface area (Å²) in [4.78, 5) is 14.1. The maximum Gasteiger partial charge on any atom is 0.275 e. The molecule has 7 heteroatoms. The van der Waals surface area contributed by atoms with Crippen LogP contribution in [0.1, 0.15) is 57.8 Å². The number of hydrogen-bond donors (Lipinski definition) is 2. The van der Waals surface area contributed by atoms with E-state index in [1.807, 2.05) is 42.5 Å². The van der Waals surface area contributed by atoms with Gasteiger partial charge in [-0.15, -0.1) is 0 Å². The van der Waals surface area contributed by atoms with Crippen molar-refractivity contribution in [3.63, 3.8) is 0 Å². The van der Waals surface area contributed by atoms with E-state index in [4.69, 9.17) is 14.3 Å². The van der Waals surface area contributed by atoms with Gasteiger partial charge in [-0.25, -0.2) is 5.01 Å². The zero-order valence-electron chi connectivity index (χ0n) is 22.0. The van der Waals surface area contributed by atoms with E-state index in [9.17, 15) is 4.79 Å². The second kappa shape index (κ2) is 9.10. The van der Waals surface area contributed by atoms with E-state index in [2.05, 4.69) is 50.5 Å². The van der Waals surface area contributed by atoms with Crippen LogP contribution in [-0.2, 0) is 5.54 Å². The summed E-state index contributed by atoms with van der Waals surface area (Å²) < 4.78 is 12.1. The predicted octanol–water partition coefficient (Wildman–Crippen LogP) is 6.65. The maximum absolute atomic E-state index is 14.1. The SMILES string of the molecule is CCNc1cc2c(cc1C)C1(c3cc(C)c(NCC)cc3O2)c2ccccc2C(=O)N1/N=C/c1ccco1. The molecule has 0 fully saturated rings. The molecule has 0 bridgehead atoms. The Morgan fingerprint density at radius 1 is 0.868 bits per heavy atom. The third-order valence-electron chi connectivity index (χ3n) is 7.29. The molecular weight excluding hydrogens is 476 g/mol. The fraction of sp³-hybridized carbons (Fsp3) is 0.226. The van der Waals surface area contributed by atoms with Crippen molar-refractivity contribution >= 4 is 23.5 Å². The first-order valence-corrected chi connectivity index (χ1v) is 13.0. The summed E-state index contributed by atoms with van der Waals surface area (Å²) in [6.45, 7) is 9.84. The number of furan rings is 1. The molecule has 7 nitrogen and oxygen atoms in total. The Labute approximate surface area is 222 Å². The van der Waals surface area contributed by atoms with Crippen LogP contribution in [-0.4, -0.2) is 30.2 Å². The molecular formula is C31H30N4O3. The number of hydrazone groups is 1. The highest BCUT2D eigenvalue weighted by molar-refractivity contribution is 6.03. The number of hydrogen-bond acceptors (Lipinski definition) is 6. The molecule has 0 saturated carbocycles. The van der Waals surface area contributed by atoms with Gasteiger partial charge in [-0.3, -0.25) is 4.79 Å². The van der Waals surface area contributed by atoms with Gasteiger partial charge in [0.2, 0.25) is 0 Å². The topological polar surface area (TPSA) is 79.1 Å². The van der Waals surface area contributed by atoms with E-state index in [0.717, 1.165) is 52.3 Å². The number of carbonyl (C=O) groups is 1. The van der Waals surface area contributed by atoms with Crippen molar-refractivity contribution in [2.24, 2.45) is 5.10 Å². The van der Waals surface area contributed by atoms with Gasteiger partial charge in [-0.05, 0) is 69.2 Å². The molecule has 6 rings (SSSR count). The van der Waals surface area contributed by atoms with E-state index in [0.29, 0.717) is 22.8 Å². The molecule has 3 heterocycles. The lowest BCUT2D eigenvalue weighted by molar-refractivity contribution is 0.0675. The molecule has 3 aromatic carbocycles. The zero-order chi connectivity index (χ0) is 26.4. The highest BCUT2D eigenvalue weighted by atomic mass is 16.5. The number of anilines is 2. The van der Waals surface area contributed by atoms with E-state index in [1.165, 1.54) is 0 Å². The molecule has 38 heavy (non-hydrogen) atoms. The Morgan fingerprint density at radius 2 is 1.50 bits per heavy atom. The van der Waals surface area contributed by atoms with E-state index in [-0.39, 0.29) is 5.91 Å². The normalized spacial score (nSPS) is 14.8. The molecule has 1 amide bonds. The van der Waals surface area contributed by atoms with Crippen LogP contribution in [0.5, 0.6) is 11.5 Å². The van der Waals surface area contributed by atoms with Crippen LogP contribution in [0.25, 0.3) is 0 Å². The molecule has 192 valence electrons. The Kier molecular flexibility index (Phi) is 5.71. The number of fused-ring (bicyclic) bond motifs is 6. The summed E-state index contributed by atoms with van der Waals surface area (Å²) in [6.07, 6.45) is 3.19. The average Bonchev–Trinajstić information content (AvgIpc) is 3.51. The van der Waals surface area contributed by atoms with Gasteiger partial charge in [-0.1, -0.05) is 18.2 Å². The maximum atomic E-state index is 14.1. The number of ether oxygens (including phenoxy) is 1. The summed E-state index contributed by atoms with van der Waals surface area (Å²) in [5, 5.41) is 13.3. The Morgan fingerprint density at radius 3 is 2.08 bits per heavy atom. The van der Waals surface area contributed by atoms with Crippen LogP contribution in [0.3, 0.4) is 0 Å². The van der Waals surface area contributed by atoms with Gasteiger partial charge in [0, 0.05) is 58.9 Å². The molecule has 4 aromatic rings. The summed E-state index contributed by atoms with van der Waals surface area (Å²) in [6, 6.07) is 19.7. The largest absolute Gasteiger partial charge is 0.463 e. The van der Waals surface area contributed by atoms with Crippen molar-refractivity contribution in [3.05, 3.63) is 106 Å². The molecule has 0 saturated heterocycles. The number of carbonyl (C=O) groups excluding carboxylic acids is 1. The van der Waals surface area contributed by atoms with Gasteiger partial charge in [0.1, 0.15) is 22.8 Å². The number of benzene rings is 3. The Hall–Kier alpha value is -4.52. The highest BCUT2D eigenvalue weighted by Gasteiger charge is 2.57. The molecule has 0 unspecified atom stereocenters. The minimum Gasteiger partial charge on any atom is -0.463 e. The number of amides is 1. The molecule has 2 aliphatic heterocycles. The molecule has 0 atom stereocenters. The second-order valence-corrected chi connectivity index (χ2v) is 9.62. The molecule has 0 radical (unpaired) electrons. The fourth-order valence-electron chi connectivity index (χ4n) is 5.64. The summed E-state index contributed by atoms with van der Waals surface area (Å²) in [5.74, 6) is 1.76. The molecule has 1 spiro atoms. The molecule has 2 N–H and O–H groups in total. The second-order valence-electron chi connectivity index (χ2n) is 9.62. The van der Waals surface area contributed by atoms with Crippen LogP contribution in [0.15, 0.2) is 76.4 Å². The zero-order valence-corrected chi connectivity index (χ0v) is 22.0. The summed E-state index contributed by atoms with van der Waals surface area (Å²) in [5.41, 5.74) is 6.31. The van der Waals surface area contributed by atoms with Crippen LogP contribution < -0.4 is 15.4 Å². The van der Waals surface area contributed by atoms with E-state index < -0.39 is 5.54 Å². The van der Waals surface area contributed by atoms with Gasteiger partial charge in [0.05, 0.1) is 12.5 Å². The van der Waals surface area contributed by atoms with Gasteiger partial charge in [0.15, 0.2) is 0 Å². The highest BCUT2D eigenvalue weighted by Crippen LogP contribution is 2.58. The number of aryl methyl sites for hydroxylation is 2. The fourth-order valence-corrected chi connectivity index (χ4v) is 5.64. The van der Waals surface area contributed by atoms with Gasteiger partial charge < -0.3 is 19.8 Å². The van der Waals surface area contributed by atoms with E-state index >= 15 is 0 Å². The summed E-state index contributed by atoms with van der Waals surface area (Å²) >= 11 is 0.